The average molecular weight is 450 g/mol. The van der Waals surface area contributed by atoms with Gasteiger partial charge in [0.15, 0.2) is 0 Å². The van der Waals surface area contributed by atoms with Crippen LogP contribution in [0.4, 0.5) is 5.69 Å². The monoisotopic (exact) mass is 449 g/mol. The summed E-state index contributed by atoms with van der Waals surface area (Å²) in [5.41, 5.74) is 1.64. The first kappa shape index (κ1) is 21.7. The molecule has 1 aliphatic heterocycles. The molecule has 1 aromatic heterocycles. The molecule has 1 aliphatic rings. The minimum Gasteiger partial charge on any atom is -0.279 e. The van der Waals surface area contributed by atoms with Gasteiger partial charge in [-0.15, -0.1) is 0 Å². The van der Waals surface area contributed by atoms with Crippen molar-refractivity contribution >= 4 is 27.5 Å². The van der Waals surface area contributed by atoms with Crippen molar-refractivity contribution in [3.63, 3.8) is 0 Å². The lowest BCUT2D eigenvalue weighted by molar-refractivity contribution is 0.0642. The summed E-state index contributed by atoms with van der Waals surface area (Å²) in [7, 11) is -3.98. The molecule has 0 radical (unpaired) electrons. The van der Waals surface area contributed by atoms with Crippen LogP contribution >= 0.6 is 0 Å². The van der Waals surface area contributed by atoms with Crippen LogP contribution in [0.3, 0.4) is 0 Å². The van der Waals surface area contributed by atoms with Crippen molar-refractivity contribution in [3.05, 3.63) is 89.2 Å². The molecule has 2 aromatic carbocycles. The molecule has 0 aliphatic carbocycles. The van der Waals surface area contributed by atoms with E-state index in [-0.39, 0.29) is 33.7 Å². The van der Waals surface area contributed by atoms with Gasteiger partial charge in [0.05, 0.1) is 28.3 Å². The van der Waals surface area contributed by atoms with Crippen molar-refractivity contribution in [1.29, 1.82) is 0 Å². The number of carbonyl (C=O) groups excluding carboxylic acids is 2. The lowest BCUT2D eigenvalue weighted by Crippen LogP contribution is -2.29. The van der Waals surface area contributed by atoms with Gasteiger partial charge in [-0.1, -0.05) is 45.0 Å². The van der Waals surface area contributed by atoms with Gasteiger partial charge in [-0.25, -0.2) is 8.42 Å². The SMILES string of the molecule is CC(C)(C)c1cccc(S(=O)(=O)Nc2cccc3c2C(=O)N(Cc2cccnc2)C3=O)c1. The zero-order valence-electron chi connectivity index (χ0n) is 18.0. The number of pyridine rings is 1. The van der Waals surface area contributed by atoms with Crippen LogP contribution in [0.1, 0.15) is 52.6 Å². The highest BCUT2D eigenvalue weighted by atomic mass is 32.2. The predicted octanol–water partition coefficient (Wildman–Crippen LogP) is 3.98. The Hall–Kier alpha value is -3.52. The van der Waals surface area contributed by atoms with Gasteiger partial charge in [0, 0.05) is 12.4 Å². The zero-order valence-corrected chi connectivity index (χ0v) is 18.8. The summed E-state index contributed by atoms with van der Waals surface area (Å²) in [6, 6.07) is 14.7. The summed E-state index contributed by atoms with van der Waals surface area (Å²) >= 11 is 0. The summed E-state index contributed by atoms with van der Waals surface area (Å²) < 4.78 is 28.7. The van der Waals surface area contributed by atoms with E-state index in [0.29, 0.717) is 5.56 Å². The van der Waals surface area contributed by atoms with Crippen LogP contribution in [0, 0.1) is 0 Å². The Morgan fingerprint density at radius 1 is 0.969 bits per heavy atom. The number of sulfonamides is 1. The Kier molecular flexibility index (Phi) is 5.34. The Morgan fingerprint density at radius 3 is 2.41 bits per heavy atom. The van der Waals surface area contributed by atoms with E-state index < -0.39 is 21.8 Å². The Labute approximate surface area is 187 Å². The molecule has 0 atom stereocenters. The Bertz CT molecular complexity index is 1310. The largest absolute Gasteiger partial charge is 0.279 e. The number of imide groups is 1. The summed E-state index contributed by atoms with van der Waals surface area (Å²) in [4.78, 5) is 31.1. The number of carbonyl (C=O) groups is 2. The van der Waals surface area contributed by atoms with E-state index in [1.165, 1.54) is 18.2 Å². The second-order valence-electron chi connectivity index (χ2n) is 8.67. The second kappa shape index (κ2) is 7.87. The highest BCUT2D eigenvalue weighted by molar-refractivity contribution is 7.92. The number of aromatic nitrogens is 1. The number of hydrogen-bond donors (Lipinski definition) is 1. The smallest absolute Gasteiger partial charge is 0.264 e. The van der Waals surface area contributed by atoms with Gasteiger partial charge in [-0.05, 0) is 46.9 Å². The number of nitrogens with one attached hydrogen (secondary N) is 1. The lowest BCUT2D eigenvalue weighted by Gasteiger charge is -2.20. The predicted molar refractivity (Wildman–Crippen MR) is 121 cm³/mol. The van der Waals surface area contributed by atoms with Crippen LogP contribution in [-0.2, 0) is 22.0 Å². The molecule has 164 valence electrons. The average Bonchev–Trinajstić information content (AvgIpc) is 2.99. The van der Waals surface area contributed by atoms with Gasteiger partial charge in [-0.3, -0.25) is 24.2 Å². The van der Waals surface area contributed by atoms with Crippen molar-refractivity contribution < 1.29 is 18.0 Å². The normalized spacial score (nSPS) is 13.9. The van der Waals surface area contributed by atoms with Gasteiger partial charge < -0.3 is 0 Å². The third kappa shape index (κ3) is 4.01. The molecular formula is C24H23N3O4S. The molecule has 0 fully saturated rings. The van der Waals surface area contributed by atoms with E-state index in [0.717, 1.165) is 10.5 Å². The number of fused-ring (bicyclic) bond motifs is 1. The van der Waals surface area contributed by atoms with E-state index in [2.05, 4.69) is 9.71 Å². The van der Waals surface area contributed by atoms with Gasteiger partial charge in [0.2, 0.25) is 0 Å². The molecule has 0 spiro atoms. The van der Waals surface area contributed by atoms with Gasteiger partial charge in [0.1, 0.15) is 0 Å². The first-order valence-corrected chi connectivity index (χ1v) is 11.6. The highest BCUT2D eigenvalue weighted by Gasteiger charge is 2.38. The summed E-state index contributed by atoms with van der Waals surface area (Å²) in [6.45, 7) is 6.05. The summed E-state index contributed by atoms with van der Waals surface area (Å²) in [5, 5.41) is 0. The fourth-order valence-electron chi connectivity index (χ4n) is 3.57. The number of rotatable bonds is 5. The van der Waals surface area contributed by atoms with Crippen LogP contribution in [0.2, 0.25) is 0 Å². The topological polar surface area (TPSA) is 96.4 Å². The standard InChI is InChI=1S/C24H23N3O4S/c1-24(2,3)17-8-4-9-18(13-17)32(30,31)26-20-11-5-10-19-21(20)23(29)27(22(19)28)15-16-7-6-12-25-14-16/h4-14,26H,15H2,1-3H3. The van der Waals surface area contributed by atoms with E-state index >= 15 is 0 Å². The maximum Gasteiger partial charge on any atom is 0.264 e. The van der Waals surface area contributed by atoms with Crippen LogP contribution in [0.25, 0.3) is 0 Å². The first-order chi connectivity index (χ1) is 15.1. The third-order valence-corrected chi connectivity index (χ3v) is 6.68. The highest BCUT2D eigenvalue weighted by Crippen LogP contribution is 2.32. The third-order valence-electron chi connectivity index (χ3n) is 5.32. The van der Waals surface area contributed by atoms with E-state index in [1.54, 1.807) is 42.7 Å². The molecule has 32 heavy (non-hydrogen) atoms. The molecule has 2 amide bonds. The maximum atomic E-state index is 13.1. The van der Waals surface area contributed by atoms with Gasteiger partial charge in [0.25, 0.3) is 21.8 Å². The number of hydrogen-bond acceptors (Lipinski definition) is 5. The van der Waals surface area contributed by atoms with Crippen molar-refractivity contribution in [2.75, 3.05) is 4.72 Å². The molecule has 4 rings (SSSR count). The molecule has 0 unspecified atom stereocenters. The van der Waals surface area contributed by atoms with Crippen molar-refractivity contribution in [2.24, 2.45) is 0 Å². The van der Waals surface area contributed by atoms with E-state index in [9.17, 15) is 18.0 Å². The van der Waals surface area contributed by atoms with Crippen molar-refractivity contribution in [2.45, 2.75) is 37.6 Å². The fourth-order valence-corrected chi connectivity index (χ4v) is 4.69. The van der Waals surface area contributed by atoms with E-state index in [1.807, 2.05) is 26.8 Å². The molecule has 2 heterocycles. The molecular weight excluding hydrogens is 426 g/mol. The molecule has 8 heteroatoms. The first-order valence-electron chi connectivity index (χ1n) is 10.1. The van der Waals surface area contributed by atoms with Crippen LogP contribution in [0.15, 0.2) is 71.9 Å². The molecule has 1 N–H and O–H groups in total. The second-order valence-corrected chi connectivity index (χ2v) is 10.4. The molecule has 0 bridgehead atoms. The van der Waals surface area contributed by atoms with E-state index in [4.69, 9.17) is 0 Å². The minimum absolute atomic E-state index is 0.0527. The number of amides is 2. The molecule has 0 saturated carbocycles. The maximum absolute atomic E-state index is 13.1. The Morgan fingerprint density at radius 2 is 1.72 bits per heavy atom. The van der Waals surface area contributed by atoms with Crippen LogP contribution in [0.5, 0.6) is 0 Å². The van der Waals surface area contributed by atoms with Gasteiger partial charge >= 0.3 is 0 Å². The van der Waals surface area contributed by atoms with Crippen LogP contribution in [-0.4, -0.2) is 30.1 Å². The fraction of sp³-hybridized carbons (Fsp3) is 0.208. The number of nitrogens with zero attached hydrogens (tertiary/aromatic N) is 2. The number of benzene rings is 2. The van der Waals surface area contributed by atoms with Crippen LogP contribution < -0.4 is 4.72 Å². The quantitative estimate of drug-likeness (QED) is 0.595. The van der Waals surface area contributed by atoms with Crippen molar-refractivity contribution in [1.82, 2.24) is 9.88 Å². The van der Waals surface area contributed by atoms with Gasteiger partial charge in [-0.2, -0.15) is 0 Å². The lowest BCUT2D eigenvalue weighted by atomic mass is 9.87. The molecule has 7 nitrogen and oxygen atoms in total. The Balaban J connectivity index is 1.67. The summed E-state index contributed by atoms with van der Waals surface area (Å²) in [6.07, 6.45) is 3.18. The van der Waals surface area contributed by atoms with Crippen molar-refractivity contribution in [3.8, 4) is 0 Å². The molecule has 3 aromatic rings. The number of anilines is 1. The minimum atomic E-state index is -3.98. The zero-order chi connectivity index (χ0) is 23.1. The summed E-state index contributed by atoms with van der Waals surface area (Å²) in [5.74, 6) is -1.01. The molecule has 0 saturated heterocycles.